The quantitative estimate of drug-likeness (QED) is 0.369. The van der Waals surface area contributed by atoms with Crippen LogP contribution in [0.15, 0.2) is 59.0 Å². The summed E-state index contributed by atoms with van der Waals surface area (Å²) in [5.41, 5.74) is 6.83. The van der Waals surface area contributed by atoms with Crippen LogP contribution in [0.5, 0.6) is 0 Å². The first kappa shape index (κ1) is 23.7. The summed E-state index contributed by atoms with van der Waals surface area (Å²) in [5.74, 6) is 0. The molecule has 0 bridgehead atoms. The van der Waals surface area contributed by atoms with Crippen LogP contribution in [0, 0.1) is 12.4 Å². The largest absolute Gasteiger partial charge is 0.458 e. The Bertz CT molecular complexity index is 501. The Morgan fingerprint density at radius 2 is 1.00 bits per heavy atom. The molecule has 0 saturated heterocycles. The van der Waals surface area contributed by atoms with Crippen LogP contribution in [0.1, 0.15) is 27.7 Å². The number of nitrogens with zero attached hydrogens (tertiary/aromatic N) is 2. The molecule has 0 saturated carbocycles. The predicted octanol–water partition coefficient (Wildman–Crippen LogP) is 4.19. The van der Waals surface area contributed by atoms with Crippen molar-refractivity contribution in [3.05, 3.63) is 71.4 Å². The van der Waals surface area contributed by atoms with Gasteiger partial charge in [0.05, 0.1) is 0 Å². The van der Waals surface area contributed by atoms with Crippen LogP contribution in [-0.4, -0.2) is 23.9 Å². The number of hydrogen-bond donors (Lipinski definition) is 0. The van der Waals surface area contributed by atoms with Gasteiger partial charge in [-0.15, -0.1) is 47.9 Å². The van der Waals surface area contributed by atoms with Crippen LogP contribution < -0.4 is 0 Å². The van der Waals surface area contributed by atoms with E-state index in [1.807, 2.05) is 37.7 Å². The molecule has 0 aliphatic carbocycles. The zero-order valence-corrected chi connectivity index (χ0v) is 20.1. The van der Waals surface area contributed by atoms with E-state index in [2.05, 4.69) is 51.6 Å². The summed E-state index contributed by atoms with van der Waals surface area (Å²) in [6, 6.07) is 0. The van der Waals surface area contributed by atoms with Gasteiger partial charge >= 0.3 is 0 Å². The molecule has 0 aromatic carbocycles. The fourth-order valence-corrected chi connectivity index (χ4v) is 2.07. The standard InChI is InChI=1S/2C9H12N.2W/c2*1-7-5-8(2)9(3)10(4)6-7;;/h2*5H,3H2,1-2,4H3;;/q2*-1;;. The summed E-state index contributed by atoms with van der Waals surface area (Å²) < 4.78 is 0. The fourth-order valence-electron chi connectivity index (χ4n) is 2.07. The zero-order chi connectivity index (χ0) is 15.4. The van der Waals surface area contributed by atoms with Crippen LogP contribution >= 0.6 is 0 Å². The summed E-state index contributed by atoms with van der Waals surface area (Å²) in [5, 5.41) is 0. The molecule has 0 N–H and O–H groups in total. The van der Waals surface area contributed by atoms with Crippen LogP contribution in [-0.2, 0) is 42.1 Å². The van der Waals surface area contributed by atoms with Crippen molar-refractivity contribution in [1.82, 2.24) is 9.80 Å². The molecule has 0 radical (unpaired) electrons. The minimum atomic E-state index is 0. The molecule has 0 spiro atoms. The molecule has 0 aromatic heterocycles. The van der Waals surface area contributed by atoms with Crippen molar-refractivity contribution in [2.45, 2.75) is 27.7 Å². The van der Waals surface area contributed by atoms with Gasteiger partial charge in [0.1, 0.15) is 0 Å². The predicted molar refractivity (Wildman–Crippen MR) is 86.2 cm³/mol. The third kappa shape index (κ3) is 6.67. The van der Waals surface area contributed by atoms with Crippen molar-refractivity contribution < 1.29 is 42.1 Å². The Hall–Kier alpha value is -0.583. The molecule has 0 fully saturated rings. The van der Waals surface area contributed by atoms with Crippen molar-refractivity contribution in [2.75, 3.05) is 14.1 Å². The molecule has 120 valence electrons. The average Bonchev–Trinajstić information content (AvgIpc) is 2.33. The van der Waals surface area contributed by atoms with E-state index >= 15 is 0 Å². The molecular formula is C18H24N2W2-2. The molecule has 2 heterocycles. The molecule has 22 heavy (non-hydrogen) atoms. The van der Waals surface area contributed by atoms with Crippen LogP contribution in [0.4, 0.5) is 0 Å². The Labute approximate surface area is 164 Å². The smallest absolute Gasteiger partial charge is 0 e. The van der Waals surface area contributed by atoms with Gasteiger partial charge in [0, 0.05) is 42.1 Å². The molecule has 2 rings (SSSR count). The molecule has 2 aliphatic heterocycles. The van der Waals surface area contributed by atoms with E-state index in [-0.39, 0.29) is 42.1 Å². The van der Waals surface area contributed by atoms with E-state index in [4.69, 9.17) is 0 Å². The minimum absolute atomic E-state index is 0. The maximum Gasteiger partial charge on any atom is 0 e. The molecule has 0 unspecified atom stereocenters. The first-order chi connectivity index (χ1) is 9.22. The molecular weight excluding hydrogens is 612 g/mol. The van der Waals surface area contributed by atoms with Gasteiger partial charge in [-0.25, -0.2) is 0 Å². The second kappa shape index (κ2) is 10.2. The maximum absolute atomic E-state index is 3.89. The number of rotatable bonds is 0. The van der Waals surface area contributed by atoms with Crippen molar-refractivity contribution in [2.24, 2.45) is 0 Å². The topological polar surface area (TPSA) is 6.48 Å². The summed E-state index contributed by atoms with van der Waals surface area (Å²) in [7, 11) is 3.92. The summed E-state index contributed by atoms with van der Waals surface area (Å²) in [6.45, 7) is 16.0. The summed E-state index contributed by atoms with van der Waals surface area (Å²) >= 11 is 0. The third-order valence-electron chi connectivity index (χ3n) is 3.27. The van der Waals surface area contributed by atoms with Crippen molar-refractivity contribution in [3.63, 3.8) is 0 Å². The van der Waals surface area contributed by atoms with Crippen molar-refractivity contribution in [1.29, 1.82) is 0 Å². The first-order valence-electron chi connectivity index (χ1n) is 6.65. The molecule has 2 nitrogen and oxygen atoms in total. The first-order valence-corrected chi connectivity index (χ1v) is 6.65. The van der Waals surface area contributed by atoms with Gasteiger partial charge in [-0.05, 0) is 14.1 Å². The second-order valence-corrected chi connectivity index (χ2v) is 5.26. The maximum atomic E-state index is 3.89. The van der Waals surface area contributed by atoms with E-state index < -0.39 is 0 Å². The van der Waals surface area contributed by atoms with Gasteiger partial charge < -0.3 is 9.80 Å². The molecule has 0 atom stereocenters. The molecule has 4 heteroatoms. The van der Waals surface area contributed by atoms with E-state index in [1.54, 1.807) is 0 Å². The van der Waals surface area contributed by atoms with Gasteiger partial charge in [0.2, 0.25) is 0 Å². The number of likely N-dealkylation sites (N-methyl/N-ethyl adjacent to an activating group) is 2. The van der Waals surface area contributed by atoms with Crippen LogP contribution in [0.3, 0.4) is 0 Å². The van der Waals surface area contributed by atoms with Gasteiger partial charge in [-0.1, -0.05) is 39.1 Å². The molecule has 0 amide bonds. The van der Waals surface area contributed by atoms with Gasteiger partial charge in [-0.3, -0.25) is 0 Å². The SMILES string of the molecule is C=C1C(C)=CC(C)=[C-]N1C.C=C1C(C)=CC(C)=[C-]N1C.[W].[W]. The summed E-state index contributed by atoms with van der Waals surface area (Å²) in [6.07, 6.45) is 10.4. The average molecular weight is 636 g/mol. The Kier molecular flexibility index (Phi) is 11.0. The van der Waals surface area contributed by atoms with E-state index in [0.29, 0.717) is 0 Å². The monoisotopic (exact) mass is 636 g/mol. The summed E-state index contributed by atoms with van der Waals surface area (Å²) in [4.78, 5) is 3.84. The van der Waals surface area contributed by atoms with Crippen molar-refractivity contribution >= 4 is 0 Å². The fraction of sp³-hybridized carbons (Fsp3) is 0.333. The number of hydrogen-bond acceptors (Lipinski definition) is 2. The third-order valence-corrected chi connectivity index (χ3v) is 3.27. The van der Waals surface area contributed by atoms with E-state index in [1.165, 1.54) is 11.1 Å². The van der Waals surface area contributed by atoms with Crippen LogP contribution in [0.2, 0.25) is 0 Å². The Balaban J connectivity index is 0. The van der Waals surface area contributed by atoms with Gasteiger partial charge in [0.25, 0.3) is 0 Å². The molecule has 0 aromatic rings. The zero-order valence-electron chi connectivity index (χ0n) is 14.3. The minimum Gasteiger partial charge on any atom is -0.458 e. The van der Waals surface area contributed by atoms with Crippen LogP contribution in [0.25, 0.3) is 0 Å². The van der Waals surface area contributed by atoms with E-state index in [0.717, 1.165) is 22.5 Å². The number of allylic oxidation sites excluding steroid dienone is 6. The molecule has 2 aliphatic rings. The Morgan fingerprint density at radius 3 is 1.23 bits per heavy atom. The van der Waals surface area contributed by atoms with Crippen molar-refractivity contribution in [3.8, 4) is 0 Å². The second-order valence-electron chi connectivity index (χ2n) is 5.26. The van der Waals surface area contributed by atoms with E-state index in [9.17, 15) is 0 Å². The normalized spacial score (nSPS) is 17.0. The van der Waals surface area contributed by atoms with Gasteiger partial charge in [-0.2, -0.15) is 12.2 Å². The Morgan fingerprint density at radius 1 is 0.727 bits per heavy atom. The van der Waals surface area contributed by atoms with Gasteiger partial charge in [0.15, 0.2) is 0 Å².